The first-order valence-electron chi connectivity index (χ1n) is 7.56. The summed E-state index contributed by atoms with van der Waals surface area (Å²) in [4.78, 5) is 20.4. The van der Waals surface area contributed by atoms with Crippen molar-refractivity contribution >= 4 is 9.84 Å². The Balaban J connectivity index is 2.42. The molecule has 0 radical (unpaired) electrons. The Morgan fingerprint density at radius 3 is 1.30 bits per heavy atom. The number of benzene rings is 2. The summed E-state index contributed by atoms with van der Waals surface area (Å²) >= 11 is 0. The highest BCUT2D eigenvalue weighted by Crippen LogP contribution is 2.29. The average molecular weight is 396 g/mol. The van der Waals surface area contributed by atoms with Crippen molar-refractivity contribution in [3.63, 3.8) is 0 Å². The van der Waals surface area contributed by atoms with Gasteiger partial charge in [-0.1, -0.05) is 36.4 Å². The summed E-state index contributed by atoms with van der Waals surface area (Å²) in [5.74, 6) is -2.89. The molecule has 0 aliphatic rings. The minimum absolute atomic E-state index is 0.303. The third-order valence-corrected chi connectivity index (χ3v) is 5.60. The molecule has 0 heterocycles. The van der Waals surface area contributed by atoms with E-state index in [-0.39, 0.29) is 11.1 Å². The molecule has 0 amide bonds. The smallest absolute Gasteiger partial charge is 0.326 e. The molecule has 0 saturated carbocycles. The number of hydrogen-bond acceptors (Lipinski definition) is 8. The average Bonchev–Trinajstić information content (AvgIpc) is 2.62. The van der Waals surface area contributed by atoms with Crippen LogP contribution in [0.2, 0.25) is 0 Å². The fourth-order valence-corrected chi connectivity index (χ4v) is 4.43. The molecule has 2 aromatic carbocycles. The minimum Gasteiger partial charge on any atom is -0.326 e. The first-order chi connectivity index (χ1) is 12.5. The Kier molecular flexibility index (Phi) is 5.59. The quantitative estimate of drug-likeness (QED) is 0.373. The summed E-state index contributed by atoms with van der Waals surface area (Å²) < 4.78 is 25.0. The first-order valence-corrected chi connectivity index (χ1v) is 9.39. The lowest BCUT2D eigenvalue weighted by Gasteiger charge is -2.23. The van der Waals surface area contributed by atoms with Crippen LogP contribution in [0.1, 0.15) is 11.1 Å². The van der Waals surface area contributed by atoms with Crippen molar-refractivity contribution in [3.8, 4) is 0 Å². The molecule has 2 rings (SSSR count). The summed E-state index contributed by atoms with van der Waals surface area (Å²) in [6.45, 7) is 0. The third-order valence-electron chi connectivity index (χ3n) is 3.92. The second-order valence-electron chi connectivity index (χ2n) is 5.91. The number of nitrogens with zero attached hydrogens (tertiary/aromatic N) is 2. The highest BCUT2D eigenvalue weighted by atomic mass is 32.2. The standard InChI is InChI=1S/C16H16N2O8S/c19-15(17(21)22,13-7-3-1-4-8-13)11-27(25,26)12-16(20,18(23)24)14-9-5-2-6-10-14/h1-10,19-20H,11-12H2. The lowest BCUT2D eigenvalue weighted by atomic mass is 10.1. The van der Waals surface area contributed by atoms with Gasteiger partial charge >= 0.3 is 11.4 Å². The number of nitro groups is 2. The second-order valence-corrected chi connectivity index (χ2v) is 7.98. The van der Waals surface area contributed by atoms with E-state index in [1.165, 1.54) is 36.4 Å². The maximum atomic E-state index is 12.5. The van der Waals surface area contributed by atoms with E-state index in [1.807, 2.05) is 0 Å². The van der Waals surface area contributed by atoms with E-state index >= 15 is 0 Å². The molecular formula is C16H16N2O8S. The van der Waals surface area contributed by atoms with E-state index in [0.717, 1.165) is 24.3 Å². The van der Waals surface area contributed by atoms with Gasteiger partial charge in [0.15, 0.2) is 21.3 Å². The third kappa shape index (κ3) is 4.27. The van der Waals surface area contributed by atoms with Crippen molar-refractivity contribution in [2.75, 3.05) is 11.5 Å². The zero-order valence-electron chi connectivity index (χ0n) is 13.8. The van der Waals surface area contributed by atoms with E-state index in [0.29, 0.717) is 0 Å². The molecule has 144 valence electrons. The van der Waals surface area contributed by atoms with E-state index in [9.17, 15) is 38.9 Å². The van der Waals surface area contributed by atoms with Crippen LogP contribution in [0, 0.1) is 20.2 Å². The molecule has 2 N–H and O–H groups in total. The van der Waals surface area contributed by atoms with Crippen molar-refractivity contribution in [2.24, 2.45) is 0 Å². The van der Waals surface area contributed by atoms with Crippen LogP contribution in [-0.4, -0.2) is 40.0 Å². The summed E-state index contributed by atoms with van der Waals surface area (Å²) in [6, 6.07) is 13.1. The number of aliphatic hydroxyl groups is 2. The Labute approximate surface area is 153 Å². The molecule has 2 unspecified atom stereocenters. The van der Waals surface area contributed by atoms with Crippen LogP contribution in [0.25, 0.3) is 0 Å². The lowest BCUT2D eigenvalue weighted by molar-refractivity contribution is -0.630. The van der Waals surface area contributed by atoms with Crippen molar-refractivity contribution in [1.29, 1.82) is 0 Å². The van der Waals surface area contributed by atoms with Gasteiger partial charge in [-0.25, -0.2) is 8.42 Å². The van der Waals surface area contributed by atoms with Gasteiger partial charge in [0, 0.05) is 0 Å². The van der Waals surface area contributed by atoms with Gasteiger partial charge in [0.1, 0.15) is 0 Å². The van der Waals surface area contributed by atoms with Crippen LogP contribution in [0.5, 0.6) is 0 Å². The van der Waals surface area contributed by atoms with E-state index < -0.39 is 42.6 Å². The Morgan fingerprint density at radius 1 is 0.741 bits per heavy atom. The highest BCUT2D eigenvalue weighted by molar-refractivity contribution is 7.91. The minimum atomic E-state index is -4.67. The van der Waals surface area contributed by atoms with Gasteiger partial charge in [0.25, 0.3) is 0 Å². The van der Waals surface area contributed by atoms with Crippen LogP contribution >= 0.6 is 0 Å². The lowest BCUT2D eigenvalue weighted by Crippen LogP contribution is -2.48. The van der Waals surface area contributed by atoms with Crippen molar-refractivity contribution in [1.82, 2.24) is 0 Å². The van der Waals surface area contributed by atoms with Crippen LogP contribution in [-0.2, 0) is 21.3 Å². The number of sulfone groups is 1. The van der Waals surface area contributed by atoms with Crippen LogP contribution in [0.4, 0.5) is 0 Å². The molecule has 2 aromatic rings. The van der Waals surface area contributed by atoms with Crippen molar-refractivity contribution in [3.05, 3.63) is 92.0 Å². The Hall–Kier alpha value is -2.89. The summed E-state index contributed by atoms with van der Waals surface area (Å²) in [7, 11) is -4.67. The van der Waals surface area contributed by atoms with Gasteiger partial charge in [-0.2, -0.15) is 0 Å². The zero-order chi connectivity index (χ0) is 20.3. The molecule has 11 heteroatoms. The van der Waals surface area contributed by atoms with Crippen LogP contribution in [0.15, 0.2) is 60.7 Å². The van der Waals surface area contributed by atoms with Gasteiger partial charge in [0.05, 0.1) is 21.0 Å². The fraction of sp³-hybridized carbons (Fsp3) is 0.250. The normalized spacial score (nSPS) is 16.1. The molecule has 0 saturated heterocycles. The van der Waals surface area contributed by atoms with Crippen molar-refractivity contribution < 1.29 is 28.5 Å². The van der Waals surface area contributed by atoms with Crippen molar-refractivity contribution in [2.45, 2.75) is 11.4 Å². The SMILES string of the molecule is O=[N+]([O-])C(O)(CS(=O)(=O)CC(O)(c1ccccc1)[N+](=O)[O-])c1ccccc1. The van der Waals surface area contributed by atoms with Crippen LogP contribution < -0.4 is 0 Å². The van der Waals surface area contributed by atoms with Gasteiger partial charge in [0.2, 0.25) is 0 Å². The van der Waals surface area contributed by atoms with Gasteiger partial charge in [-0.15, -0.1) is 0 Å². The first kappa shape index (κ1) is 20.4. The van der Waals surface area contributed by atoms with Gasteiger partial charge in [-0.05, 0) is 24.3 Å². The second kappa shape index (κ2) is 7.39. The largest absolute Gasteiger partial charge is 0.363 e. The maximum absolute atomic E-state index is 12.5. The molecule has 0 aliphatic heterocycles. The molecule has 0 aromatic heterocycles. The molecule has 27 heavy (non-hydrogen) atoms. The van der Waals surface area contributed by atoms with Gasteiger partial charge < -0.3 is 10.2 Å². The molecule has 2 atom stereocenters. The number of rotatable bonds is 8. The summed E-state index contributed by atoms with van der Waals surface area (Å²) in [6.07, 6.45) is 0. The summed E-state index contributed by atoms with van der Waals surface area (Å²) in [5.41, 5.74) is -6.64. The molecule has 10 nitrogen and oxygen atoms in total. The monoisotopic (exact) mass is 396 g/mol. The van der Waals surface area contributed by atoms with E-state index in [1.54, 1.807) is 0 Å². The predicted octanol–water partition coefficient (Wildman–Crippen LogP) is 0.645. The highest BCUT2D eigenvalue weighted by Gasteiger charge is 2.53. The Bertz CT molecular complexity index is 864. The van der Waals surface area contributed by atoms with Gasteiger partial charge in [-0.3, -0.25) is 20.2 Å². The van der Waals surface area contributed by atoms with E-state index in [4.69, 9.17) is 0 Å². The summed E-state index contributed by atoms with van der Waals surface area (Å²) in [5, 5.41) is 43.5. The predicted molar refractivity (Wildman–Crippen MR) is 93.3 cm³/mol. The number of hydrogen-bond donors (Lipinski definition) is 2. The molecule has 0 fully saturated rings. The molecule has 0 aliphatic carbocycles. The zero-order valence-corrected chi connectivity index (χ0v) is 14.7. The fourth-order valence-electron chi connectivity index (χ4n) is 2.56. The van der Waals surface area contributed by atoms with Crippen LogP contribution in [0.3, 0.4) is 0 Å². The Morgan fingerprint density at radius 2 is 1.04 bits per heavy atom. The molecule has 0 spiro atoms. The van der Waals surface area contributed by atoms with E-state index in [2.05, 4.69) is 0 Å². The molecule has 0 bridgehead atoms. The topological polar surface area (TPSA) is 161 Å². The molecular weight excluding hydrogens is 380 g/mol. The maximum Gasteiger partial charge on any atom is 0.363 e.